The average molecular weight is 387 g/mol. The van der Waals surface area contributed by atoms with Gasteiger partial charge in [-0.3, -0.25) is 9.59 Å². The van der Waals surface area contributed by atoms with Gasteiger partial charge in [0, 0.05) is 17.8 Å². The zero-order valence-corrected chi connectivity index (χ0v) is 15.2. The summed E-state index contributed by atoms with van der Waals surface area (Å²) in [5.74, 6) is -0.625. The molecule has 0 aliphatic rings. The van der Waals surface area contributed by atoms with Crippen LogP contribution in [0.2, 0.25) is 15.1 Å². The number of hydrazone groups is 1. The average Bonchev–Trinajstić information content (AvgIpc) is 2.54. The summed E-state index contributed by atoms with van der Waals surface area (Å²) in [6, 6.07) is 6.13. The van der Waals surface area contributed by atoms with Crippen molar-refractivity contribution in [2.75, 3.05) is 0 Å². The number of benzene rings is 1. The highest BCUT2D eigenvalue weighted by atomic mass is 35.5. The van der Waals surface area contributed by atoms with E-state index in [4.69, 9.17) is 34.8 Å². The van der Waals surface area contributed by atoms with Crippen molar-refractivity contribution in [1.29, 1.82) is 0 Å². The molecule has 0 radical (unpaired) electrons. The molecule has 0 atom stereocenters. The monoisotopic (exact) mass is 385 g/mol. The number of amides is 1. The Morgan fingerprint density at radius 2 is 1.88 bits per heavy atom. The summed E-state index contributed by atoms with van der Waals surface area (Å²) in [5.41, 5.74) is 2.26. The summed E-state index contributed by atoms with van der Waals surface area (Å²) in [5, 5.41) is 4.68. The lowest BCUT2D eigenvalue weighted by Gasteiger charge is -2.10. The largest absolute Gasteiger partial charge is 0.312 e. The first-order chi connectivity index (χ1) is 11.3. The molecule has 1 N–H and O–H groups in total. The molecule has 2 rings (SSSR count). The minimum atomic E-state index is -0.625. The maximum atomic E-state index is 12.2. The van der Waals surface area contributed by atoms with E-state index in [1.807, 2.05) is 13.8 Å². The number of nitrogens with one attached hydrogen (secondary N) is 1. The number of nitrogens with zero attached hydrogens (tertiary/aromatic N) is 2. The third-order valence-corrected chi connectivity index (χ3v) is 4.36. The maximum Gasteiger partial charge on any atom is 0.276 e. The number of pyridine rings is 1. The molecule has 1 aromatic carbocycles. The second-order valence-electron chi connectivity index (χ2n) is 5.18. The fraction of sp³-hybridized carbons (Fsp3) is 0.188. The first-order valence-electron chi connectivity index (χ1n) is 7.01. The molecule has 0 saturated heterocycles. The fourth-order valence-corrected chi connectivity index (χ4v) is 2.60. The zero-order valence-electron chi connectivity index (χ0n) is 12.9. The van der Waals surface area contributed by atoms with Crippen molar-refractivity contribution in [1.82, 2.24) is 9.99 Å². The van der Waals surface area contributed by atoms with Crippen LogP contribution in [0.15, 0.2) is 40.4 Å². The van der Waals surface area contributed by atoms with E-state index in [1.54, 1.807) is 24.4 Å². The van der Waals surface area contributed by atoms with E-state index in [2.05, 4.69) is 10.5 Å². The van der Waals surface area contributed by atoms with Gasteiger partial charge in [-0.25, -0.2) is 5.43 Å². The first kappa shape index (κ1) is 18.5. The van der Waals surface area contributed by atoms with Crippen molar-refractivity contribution in [3.05, 3.63) is 67.0 Å². The highest BCUT2D eigenvalue weighted by molar-refractivity contribution is 6.45. The third kappa shape index (κ3) is 3.98. The third-order valence-electron chi connectivity index (χ3n) is 3.21. The Bertz CT molecular complexity index is 860. The van der Waals surface area contributed by atoms with Crippen molar-refractivity contribution in [3.8, 4) is 0 Å². The first-order valence-corrected chi connectivity index (χ1v) is 8.14. The highest BCUT2D eigenvalue weighted by Crippen LogP contribution is 2.29. The van der Waals surface area contributed by atoms with Crippen LogP contribution in [-0.2, 0) is 0 Å². The van der Waals surface area contributed by atoms with Gasteiger partial charge in [-0.05, 0) is 38.1 Å². The van der Waals surface area contributed by atoms with Crippen LogP contribution in [0.25, 0.3) is 0 Å². The smallest absolute Gasteiger partial charge is 0.276 e. The standard InChI is InChI=1S/C16H14Cl3N3O2/c1-9(2)22-7-3-4-10(16(22)24)15(23)21-20-8-11-12(17)5-6-13(18)14(11)19/h3-9H,1-2H3,(H,21,23)/b20-8-. The van der Waals surface area contributed by atoms with Crippen LogP contribution in [0.4, 0.5) is 0 Å². The van der Waals surface area contributed by atoms with E-state index >= 15 is 0 Å². The topological polar surface area (TPSA) is 63.5 Å². The molecular formula is C16H14Cl3N3O2. The van der Waals surface area contributed by atoms with Crippen LogP contribution in [0.3, 0.4) is 0 Å². The lowest BCUT2D eigenvalue weighted by molar-refractivity contribution is 0.0953. The number of hydrogen-bond acceptors (Lipinski definition) is 3. The van der Waals surface area contributed by atoms with Crippen LogP contribution < -0.4 is 11.0 Å². The van der Waals surface area contributed by atoms with Gasteiger partial charge in [-0.15, -0.1) is 0 Å². The Morgan fingerprint density at radius 3 is 2.54 bits per heavy atom. The molecule has 0 saturated carbocycles. The van der Waals surface area contributed by atoms with E-state index in [0.29, 0.717) is 15.6 Å². The number of aromatic nitrogens is 1. The quantitative estimate of drug-likeness (QED) is 0.487. The van der Waals surface area contributed by atoms with Crippen LogP contribution in [0.5, 0.6) is 0 Å². The molecule has 5 nitrogen and oxygen atoms in total. The second-order valence-corrected chi connectivity index (χ2v) is 6.38. The summed E-state index contributed by atoms with van der Waals surface area (Å²) >= 11 is 18.0. The normalized spacial score (nSPS) is 11.2. The molecule has 1 amide bonds. The van der Waals surface area contributed by atoms with Gasteiger partial charge < -0.3 is 4.57 Å². The molecule has 0 aliphatic carbocycles. The molecule has 0 bridgehead atoms. The molecule has 0 fully saturated rings. The van der Waals surface area contributed by atoms with Gasteiger partial charge >= 0.3 is 0 Å². The van der Waals surface area contributed by atoms with E-state index in [9.17, 15) is 9.59 Å². The molecule has 1 heterocycles. The van der Waals surface area contributed by atoms with E-state index < -0.39 is 5.91 Å². The number of halogens is 3. The zero-order chi connectivity index (χ0) is 17.9. The SMILES string of the molecule is CC(C)n1cccc(C(=O)N/N=C\c2c(Cl)ccc(Cl)c2Cl)c1=O. The van der Waals surface area contributed by atoms with Crippen molar-refractivity contribution in [2.45, 2.75) is 19.9 Å². The summed E-state index contributed by atoms with van der Waals surface area (Å²) < 4.78 is 1.46. The molecule has 1 aromatic heterocycles. The minimum absolute atomic E-state index is 0.00774. The summed E-state index contributed by atoms with van der Waals surface area (Å²) in [4.78, 5) is 24.4. The fourth-order valence-electron chi connectivity index (χ4n) is 1.97. The molecule has 0 unspecified atom stereocenters. The highest BCUT2D eigenvalue weighted by Gasteiger charge is 2.13. The van der Waals surface area contributed by atoms with Gasteiger partial charge in [-0.1, -0.05) is 34.8 Å². The van der Waals surface area contributed by atoms with Crippen LogP contribution in [0.1, 0.15) is 35.8 Å². The van der Waals surface area contributed by atoms with E-state index in [-0.39, 0.29) is 22.2 Å². The molecule has 24 heavy (non-hydrogen) atoms. The van der Waals surface area contributed by atoms with Crippen LogP contribution >= 0.6 is 34.8 Å². The van der Waals surface area contributed by atoms with Crippen molar-refractivity contribution >= 4 is 46.9 Å². The molecule has 0 aliphatic heterocycles. The number of hydrogen-bond donors (Lipinski definition) is 1. The molecular weight excluding hydrogens is 373 g/mol. The Balaban J connectivity index is 2.22. The Hall–Kier alpha value is -1.82. The number of carbonyl (C=O) groups is 1. The van der Waals surface area contributed by atoms with Gasteiger partial charge in [0.15, 0.2) is 0 Å². The van der Waals surface area contributed by atoms with E-state index in [0.717, 1.165) is 0 Å². The summed E-state index contributed by atoms with van der Waals surface area (Å²) in [6.45, 7) is 3.70. The molecule has 8 heteroatoms. The van der Waals surface area contributed by atoms with Gasteiger partial charge in [0.05, 0.1) is 21.3 Å². The molecule has 126 valence electrons. The Kier molecular flexibility index (Phi) is 6.04. The summed E-state index contributed by atoms with van der Waals surface area (Å²) in [6.07, 6.45) is 2.90. The maximum absolute atomic E-state index is 12.2. The van der Waals surface area contributed by atoms with Gasteiger partial charge in [0.1, 0.15) is 5.56 Å². The van der Waals surface area contributed by atoms with E-state index in [1.165, 1.54) is 16.8 Å². The van der Waals surface area contributed by atoms with Gasteiger partial charge in [0.25, 0.3) is 11.5 Å². The van der Waals surface area contributed by atoms with Crippen molar-refractivity contribution < 1.29 is 4.79 Å². The lowest BCUT2D eigenvalue weighted by atomic mass is 10.2. The number of rotatable bonds is 4. The minimum Gasteiger partial charge on any atom is -0.312 e. The van der Waals surface area contributed by atoms with Gasteiger partial charge in [0.2, 0.25) is 0 Å². The lowest BCUT2D eigenvalue weighted by Crippen LogP contribution is -2.31. The Labute approximate surface area is 153 Å². The molecule has 0 spiro atoms. The predicted molar refractivity (Wildman–Crippen MR) is 97.6 cm³/mol. The number of carbonyl (C=O) groups excluding carboxylic acids is 1. The van der Waals surface area contributed by atoms with Crippen LogP contribution in [-0.4, -0.2) is 16.7 Å². The Morgan fingerprint density at radius 1 is 1.21 bits per heavy atom. The van der Waals surface area contributed by atoms with Gasteiger partial charge in [-0.2, -0.15) is 5.10 Å². The molecule has 2 aromatic rings. The van der Waals surface area contributed by atoms with Crippen LogP contribution in [0, 0.1) is 0 Å². The van der Waals surface area contributed by atoms with Crippen molar-refractivity contribution in [3.63, 3.8) is 0 Å². The van der Waals surface area contributed by atoms with Crippen molar-refractivity contribution in [2.24, 2.45) is 5.10 Å². The predicted octanol–water partition coefficient (Wildman–Crippen LogP) is 4.15. The second kappa shape index (κ2) is 7.83. The summed E-state index contributed by atoms with van der Waals surface area (Å²) in [7, 11) is 0.